The van der Waals surface area contributed by atoms with E-state index in [0.717, 1.165) is 16.9 Å². The summed E-state index contributed by atoms with van der Waals surface area (Å²) in [5, 5.41) is 8.65. The summed E-state index contributed by atoms with van der Waals surface area (Å²) < 4.78 is 6.97. The van der Waals surface area contributed by atoms with E-state index in [-0.39, 0.29) is 5.41 Å². The first-order chi connectivity index (χ1) is 23.6. The van der Waals surface area contributed by atoms with Crippen molar-refractivity contribution in [2.75, 3.05) is 0 Å². The summed E-state index contributed by atoms with van der Waals surface area (Å²) in [5.74, 6) is 1.01. The molecule has 1 heterocycles. The summed E-state index contributed by atoms with van der Waals surface area (Å²) in [6.07, 6.45) is 0. The predicted octanol–water partition coefficient (Wildman–Crippen LogP) is 13.2. The lowest BCUT2D eigenvalue weighted by atomic mass is 9.81. The molecule has 0 saturated carbocycles. The molecule has 9 aromatic rings. The quantitative estimate of drug-likeness (QED) is 0.181. The minimum atomic E-state index is -0.139. The van der Waals surface area contributed by atoms with Crippen LogP contribution in [0.5, 0.6) is 0 Å². The fraction of sp³-hybridized carbons (Fsp3) is 0.0638. The van der Waals surface area contributed by atoms with E-state index in [2.05, 4.69) is 172 Å². The van der Waals surface area contributed by atoms with Gasteiger partial charge in [0, 0.05) is 33.1 Å². The highest BCUT2D eigenvalue weighted by Crippen LogP contribution is 2.55. The lowest BCUT2D eigenvalue weighted by Gasteiger charge is -2.21. The van der Waals surface area contributed by atoms with Gasteiger partial charge in [0.25, 0.3) is 0 Å². The predicted molar refractivity (Wildman–Crippen MR) is 203 cm³/mol. The van der Waals surface area contributed by atoms with Crippen molar-refractivity contribution in [3.63, 3.8) is 0 Å². The van der Waals surface area contributed by atoms with E-state index in [1.165, 1.54) is 82.2 Å². The second kappa shape index (κ2) is 10.0. The van der Waals surface area contributed by atoms with Gasteiger partial charge in [-0.25, -0.2) is 0 Å². The molecule has 226 valence electrons. The third-order valence-corrected chi connectivity index (χ3v) is 10.6. The largest absolute Gasteiger partial charge is 0.455 e. The van der Waals surface area contributed by atoms with Crippen molar-refractivity contribution in [3.8, 4) is 44.7 Å². The molecule has 0 fully saturated rings. The maximum atomic E-state index is 6.97. The minimum Gasteiger partial charge on any atom is -0.455 e. The normalized spacial score (nSPS) is 13.4. The molecule has 10 rings (SSSR count). The average molecular weight is 613 g/mol. The Kier molecular flexibility index (Phi) is 5.69. The van der Waals surface area contributed by atoms with Crippen LogP contribution in [0.2, 0.25) is 0 Å². The molecule has 1 aromatic heterocycles. The van der Waals surface area contributed by atoms with E-state index in [4.69, 9.17) is 4.42 Å². The molecule has 0 atom stereocenters. The summed E-state index contributed by atoms with van der Waals surface area (Å²) in [5.41, 5.74) is 11.9. The molecular weight excluding hydrogens is 581 g/mol. The van der Waals surface area contributed by atoms with Crippen LogP contribution in [-0.4, -0.2) is 0 Å². The van der Waals surface area contributed by atoms with E-state index in [9.17, 15) is 0 Å². The minimum absolute atomic E-state index is 0.139. The van der Waals surface area contributed by atoms with Gasteiger partial charge in [0.2, 0.25) is 0 Å². The summed E-state index contributed by atoms with van der Waals surface area (Å²) >= 11 is 0. The molecule has 0 N–H and O–H groups in total. The Morgan fingerprint density at radius 3 is 1.75 bits per heavy atom. The van der Waals surface area contributed by atoms with Gasteiger partial charge in [0.15, 0.2) is 0 Å². The lowest BCUT2D eigenvalue weighted by molar-refractivity contribution is 0.620. The van der Waals surface area contributed by atoms with Crippen LogP contribution < -0.4 is 0 Å². The van der Waals surface area contributed by atoms with Gasteiger partial charge in [0.1, 0.15) is 11.3 Å². The molecule has 0 unspecified atom stereocenters. The highest BCUT2D eigenvalue weighted by Gasteiger charge is 2.40. The smallest absolute Gasteiger partial charge is 0.143 e. The summed E-state index contributed by atoms with van der Waals surface area (Å²) in [4.78, 5) is 0. The first kappa shape index (κ1) is 27.2. The van der Waals surface area contributed by atoms with Crippen LogP contribution in [0.15, 0.2) is 162 Å². The molecule has 0 aliphatic heterocycles. The topological polar surface area (TPSA) is 13.1 Å². The molecule has 0 amide bonds. The second-order valence-corrected chi connectivity index (χ2v) is 13.6. The van der Waals surface area contributed by atoms with Gasteiger partial charge in [-0.2, -0.15) is 0 Å². The number of furan rings is 1. The first-order valence-electron chi connectivity index (χ1n) is 16.8. The lowest BCUT2D eigenvalue weighted by Crippen LogP contribution is -2.14. The zero-order valence-corrected chi connectivity index (χ0v) is 26.9. The van der Waals surface area contributed by atoms with E-state index in [1.807, 2.05) is 0 Å². The van der Waals surface area contributed by atoms with Crippen molar-refractivity contribution < 1.29 is 4.42 Å². The number of hydrogen-bond acceptors (Lipinski definition) is 1. The van der Waals surface area contributed by atoms with Crippen LogP contribution in [0.3, 0.4) is 0 Å². The van der Waals surface area contributed by atoms with Crippen molar-refractivity contribution in [1.82, 2.24) is 0 Å². The van der Waals surface area contributed by atoms with Gasteiger partial charge < -0.3 is 4.42 Å². The molecule has 0 bridgehead atoms. The monoisotopic (exact) mass is 612 g/mol. The molecule has 8 aromatic carbocycles. The van der Waals surface area contributed by atoms with Crippen molar-refractivity contribution in [2.45, 2.75) is 19.3 Å². The summed E-state index contributed by atoms with van der Waals surface area (Å²) in [6, 6.07) is 57.6. The maximum Gasteiger partial charge on any atom is 0.143 e. The van der Waals surface area contributed by atoms with E-state index >= 15 is 0 Å². The molecule has 0 radical (unpaired) electrons. The van der Waals surface area contributed by atoms with Crippen LogP contribution in [-0.2, 0) is 5.41 Å². The Bertz CT molecular complexity index is 2700. The van der Waals surface area contributed by atoms with E-state index < -0.39 is 0 Å². The number of fused-ring (bicyclic) bond motifs is 8. The van der Waals surface area contributed by atoms with Crippen molar-refractivity contribution in [3.05, 3.63) is 169 Å². The third-order valence-electron chi connectivity index (χ3n) is 10.6. The van der Waals surface area contributed by atoms with Crippen molar-refractivity contribution in [2.24, 2.45) is 0 Å². The number of rotatable bonds is 3. The molecule has 0 spiro atoms. The third kappa shape index (κ3) is 3.79. The van der Waals surface area contributed by atoms with Gasteiger partial charge in [-0.05, 0) is 72.3 Å². The van der Waals surface area contributed by atoms with Crippen LogP contribution in [0.4, 0.5) is 0 Å². The van der Waals surface area contributed by atoms with Crippen LogP contribution >= 0.6 is 0 Å². The standard InChI is InChI=1S/C47H32O/c1-47(2)41-24-10-9-21-38(41)46-44(47)40-23-12-22-39(45(40)48-46)43-36-19-7-5-17-34(36)42(35-18-6-8-20-37(35)43)33-16-11-15-31(28-33)32-26-25-29-13-3-4-14-30(29)27-32/h3-28H,1-2H3. The Morgan fingerprint density at radius 1 is 0.417 bits per heavy atom. The van der Waals surface area contributed by atoms with Gasteiger partial charge in [-0.1, -0.05) is 159 Å². The highest BCUT2D eigenvalue weighted by molar-refractivity contribution is 6.23. The highest BCUT2D eigenvalue weighted by atomic mass is 16.3. The molecular formula is C47H32O. The Balaban J connectivity index is 1.23. The zero-order valence-electron chi connectivity index (χ0n) is 26.9. The number of para-hydroxylation sites is 1. The molecule has 0 saturated heterocycles. The molecule has 48 heavy (non-hydrogen) atoms. The number of hydrogen-bond donors (Lipinski definition) is 0. The molecule has 1 heteroatoms. The van der Waals surface area contributed by atoms with Crippen LogP contribution in [0.25, 0.3) is 88.0 Å². The Labute approximate surface area is 279 Å². The maximum absolute atomic E-state index is 6.97. The van der Waals surface area contributed by atoms with Crippen LogP contribution in [0.1, 0.15) is 25.0 Å². The SMILES string of the molecule is CC1(C)c2ccccc2-c2oc3c(-c4c5ccccc5c(-c5cccc(-c6ccc7ccccc7c6)c5)c5ccccc45)cccc3c21. The van der Waals surface area contributed by atoms with Crippen LogP contribution in [0, 0.1) is 0 Å². The average Bonchev–Trinajstić information content (AvgIpc) is 3.64. The van der Waals surface area contributed by atoms with Crippen molar-refractivity contribution >= 4 is 43.3 Å². The molecule has 1 aliphatic carbocycles. The Hall–Kier alpha value is -5.92. The zero-order chi connectivity index (χ0) is 32.0. The first-order valence-corrected chi connectivity index (χ1v) is 16.8. The van der Waals surface area contributed by atoms with E-state index in [0.29, 0.717) is 0 Å². The number of benzene rings is 8. The summed E-state index contributed by atoms with van der Waals surface area (Å²) in [7, 11) is 0. The van der Waals surface area contributed by atoms with E-state index in [1.54, 1.807) is 0 Å². The molecule has 1 nitrogen and oxygen atoms in total. The molecule has 1 aliphatic rings. The fourth-order valence-corrected chi connectivity index (χ4v) is 8.44. The summed E-state index contributed by atoms with van der Waals surface area (Å²) in [6.45, 7) is 4.65. The van der Waals surface area contributed by atoms with Gasteiger partial charge >= 0.3 is 0 Å². The van der Waals surface area contributed by atoms with Gasteiger partial charge in [-0.15, -0.1) is 0 Å². The van der Waals surface area contributed by atoms with Crippen molar-refractivity contribution in [1.29, 1.82) is 0 Å². The second-order valence-electron chi connectivity index (χ2n) is 13.6. The van der Waals surface area contributed by atoms with Gasteiger partial charge in [-0.3, -0.25) is 0 Å². The van der Waals surface area contributed by atoms with Gasteiger partial charge in [0.05, 0.1) is 0 Å². The fourth-order valence-electron chi connectivity index (χ4n) is 8.44. The Morgan fingerprint density at radius 2 is 0.979 bits per heavy atom.